The maximum atomic E-state index is 10.3. The molecule has 1 aliphatic heterocycles. The lowest BCUT2D eigenvalue weighted by Crippen LogP contribution is -2.35. The molecule has 0 aromatic rings. The highest BCUT2D eigenvalue weighted by Gasteiger charge is 2.15. The van der Waals surface area contributed by atoms with Gasteiger partial charge >= 0.3 is 5.97 Å². The molecule has 0 aromatic carbocycles. The Morgan fingerprint density at radius 2 is 2.00 bits per heavy atom. The van der Waals surface area contributed by atoms with Gasteiger partial charge in [-0.05, 0) is 38.4 Å². The van der Waals surface area contributed by atoms with Crippen LogP contribution in [0.25, 0.3) is 0 Å². The number of carboxylic acids is 1. The Bertz CT molecular complexity index is 230. The molecule has 1 aliphatic rings. The highest BCUT2D eigenvalue weighted by atomic mass is 16.4. The van der Waals surface area contributed by atoms with E-state index in [-0.39, 0.29) is 6.42 Å². The van der Waals surface area contributed by atoms with Gasteiger partial charge in [0.1, 0.15) is 0 Å². The van der Waals surface area contributed by atoms with Crippen molar-refractivity contribution in [3.8, 4) is 0 Å². The van der Waals surface area contributed by atoms with E-state index in [0.29, 0.717) is 12.5 Å². The Balaban J connectivity index is 2.02. The van der Waals surface area contributed by atoms with Crippen LogP contribution in [0.2, 0.25) is 0 Å². The topological polar surface area (TPSA) is 72.8 Å². The van der Waals surface area contributed by atoms with Gasteiger partial charge in [0, 0.05) is 13.1 Å². The van der Waals surface area contributed by atoms with Crippen molar-refractivity contribution in [1.82, 2.24) is 10.2 Å². The lowest BCUT2D eigenvalue weighted by atomic mass is 10.1. The van der Waals surface area contributed by atoms with Crippen LogP contribution in [0.4, 0.5) is 0 Å². The van der Waals surface area contributed by atoms with Gasteiger partial charge < -0.3 is 20.4 Å². The Labute approximate surface area is 103 Å². The Kier molecular flexibility index (Phi) is 6.47. The third-order valence-corrected chi connectivity index (χ3v) is 3.05. The van der Waals surface area contributed by atoms with Crippen molar-refractivity contribution < 1.29 is 15.0 Å². The molecule has 2 atom stereocenters. The standard InChI is InChI=1S/C12H24N2O3/c1-10(9-14-4-2-3-5-14)7-13-8-11(15)6-12(16)17/h10-11,13,15H,2-9H2,1H3,(H,16,17). The first kappa shape index (κ1) is 14.4. The van der Waals surface area contributed by atoms with Crippen LogP contribution in [0.3, 0.4) is 0 Å². The Morgan fingerprint density at radius 1 is 1.35 bits per heavy atom. The number of hydrogen-bond acceptors (Lipinski definition) is 4. The number of rotatable bonds is 8. The second-order valence-electron chi connectivity index (χ2n) is 5.02. The molecule has 100 valence electrons. The Hall–Kier alpha value is -0.650. The summed E-state index contributed by atoms with van der Waals surface area (Å²) in [6.45, 7) is 6.85. The van der Waals surface area contributed by atoms with Gasteiger partial charge in [0.2, 0.25) is 0 Å². The Morgan fingerprint density at radius 3 is 2.59 bits per heavy atom. The molecule has 1 rings (SSSR count). The molecule has 0 aromatic heterocycles. The third-order valence-electron chi connectivity index (χ3n) is 3.05. The maximum Gasteiger partial charge on any atom is 0.306 e. The van der Waals surface area contributed by atoms with Crippen LogP contribution in [0.5, 0.6) is 0 Å². The van der Waals surface area contributed by atoms with Gasteiger partial charge in [-0.15, -0.1) is 0 Å². The van der Waals surface area contributed by atoms with Crippen molar-refractivity contribution in [3.05, 3.63) is 0 Å². The van der Waals surface area contributed by atoms with Gasteiger partial charge in [-0.3, -0.25) is 4.79 Å². The van der Waals surface area contributed by atoms with Crippen LogP contribution in [-0.4, -0.2) is 59.9 Å². The number of carboxylic acid groups (broad SMARTS) is 1. The van der Waals surface area contributed by atoms with Crippen LogP contribution in [-0.2, 0) is 4.79 Å². The van der Waals surface area contributed by atoms with E-state index < -0.39 is 12.1 Å². The number of aliphatic carboxylic acids is 1. The monoisotopic (exact) mass is 244 g/mol. The highest BCUT2D eigenvalue weighted by Crippen LogP contribution is 2.09. The fourth-order valence-corrected chi connectivity index (χ4v) is 2.24. The SMILES string of the molecule is CC(CNCC(O)CC(=O)O)CN1CCCC1. The molecule has 0 aliphatic carbocycles. The zero-order chi connectivity index (χ0) is 12.7. The normalized spacial score (nSPS) is 20.4. The van der Waals surface area contributed by atoms with Gasteiger partial charge in [-0.25, -0.2) is 0 Å². The summed E-state index contributed by atoms with van der Waals surface area (Å²) in [5.41, 5.74) is 0. The van der Waals surface area contributed by atoms with E-state index in [9.17, 15) is 9.90 Å². The van der Waals surface area contributed by atoms with E-state index in [1.165, 1.54) is 25.9 Å². The van der Waals surface area contributed by atoms with Crippen LogP contribution in [0.1, 0.15) is 26.2 Å². The average Bonchev–Trinajstić information content (AvgIpc) is 2.69. The molecule has 1 saturated heterocycles. The summed E-state index contributed by atoms with van der Waals surface area (Å²) in [6, 6.07) is 0. The predicted molar refractivity (Wildman–Crippen MR) is 66.0 cm³/mol. The van der Waals surface area contributed by atoms with Crippen LogP contribution >= 0.6 is 0 Å². The zero-order valence-corrected chi connectivity index (χ0v) is 10.6. The lowest BCUT2D eigenvalue weighted by molar-refractivity contribution is -0.139. The van der Waals surface area contributed by atoms with E-state index >= 15 is 0 Å². The molecule has 1 heterocycles. The minimum atomic E-state index is -0.954. The summed E-state index contributed by atoms with van der Waals surface area (Å²) in [4.78, 5) is 12.8. The molecule has 3 N–H and O–H groups in total. The first-order chi connectivity index (χ1) is 8.08. The zero-order valence-electron chi connectivity index (χ0n) is 10.6. The fourth-order valence-electron chi connectivity index (χ4n) is 2.24. The molecule has 5 nitrogen and oxygen atoms in total. The van der Waals surface area contributed by atoms with E-state index in [0.717, 1.165) is 13.1 Å². The number of aliphatic hydroxyl groups excluding tert-OH is 1. The number of nitrogens with one attached hydrogen (secondary N) is 1. The molecular weight excluding hydrogens is 220 g/mol. The first-order valence-corrected chi connectivity index (χ1v) is 6.41. The third kappa shape index (κ3) is 6.61. The van der Waals surface area contributed by atoms with Gasteiger partial charge in [-0.2, -0.15) is 0 Å². The van der Waals surface area contributed by atoms with Crippen molar-refractivity contribution in [2.24, 2.45) is 5.92 Å². The summed E-state index contributed by atoms with van der Waals surface area (Å²) >= 11 is 0. The highest BCUT2D eigenvalue weighted by molar-refractivity contribution is 5.67. The van der Waals surface area contributed by atoms with Gasteiger partial charge in [-0.1, -0.05) is 6.92 Å². The molecule has 0 radical (unpaired) electrons. The largest absolute Gasteiger partial charge is 0.481 e. The first-order valence-electron chi connectivity index (χ1n) is 6.41. The van der Waals surface area contributed by atoms with Crippen molar-refractivity contribution in [2.75, 3.05) is 32.7 Å². The average molecular weight is 244 g/mol. The number of hydrogen-bond donors (Lipinski definition) is 3. The maximum absolute atomic E-state index is 10.3. The van der Waals surface area contributed by atoms with Crippen molar-refractivity contribution >= 4 is 5.97 Å². The minimum absolute atomic E-state index is 0.187. The molecule has 0 amide bonds. The van der Waals surface area contributed by atoms with Gasteiger partial charge in [0.05, 0.1) is 12.5 Å². The lowest BCUT2D eigenvalue weighted by Gasteiger charge is -2.21. The molecule has 2 unspecified atom stereocenters. The van der Waals surface area contributed by atoms with Gasteiger partial charge in [0.25, 0.3) is 0 Å². The van der Waals surface area contributed by atoms with Crippen molar-refractivity contribution in [3.63, 3.8) is 0 Å². The van der Waals surface area contributed by atoms with Crippen molar-refractivity contribution in [1.29, 1.82) is 0 Å². The quantitative estimate of drug-likeness (QED) is 0.566. The minimum Gasteiger partial charge on any atom is -0.481 e. The second kappa shape index (κ2) is 7.63. The fraction of sp³-hybridized carbons (Fsp3) is 0.917. The molecule has 1 fully saturated rings. The molecule has 0 spiro atoms. The molecule has 5 heteroatoms. The number of carbonyl (C=O) groups is 1. The van der Waals surface area contributed by atoms with E-state index in [2.05, 4.69) is 17.1 Å². The molecule has 17 heavy (non-hydrogen) atoms. The van der Waals surface area contributed by atoms with Crippen LogP contribution in [0, 0.1) is 5.92 Å². The second-order valence-corrected chi connectivity index (χ2v) is 5.02. The number of likely N-dealkylation sites (tertiary alicyclic amines) is 1. The van der Waals surface area contributed by atoms with E-state index in [4.69, 9.17) is 5.11 Å². The van der Waals surface area contributed by atoms with Crippen molar-refractivity contribution in [2.45, 2.75) is 32.3 Å². The summed E-state index contributed by atoms with van der Waals surface area (Å²) in [7, 11) is 0. The predicted octanol–water partition coefficient (Wildman–Crippen LogP) is 0.144. The summed E-state index contributed by atoms with van der Waals surface area (Å²) in [5, 5.41) is 21.0. The molecular formula is C12H24N2O3. The van der Waals surface area contributed by atoms with Crippen LogP contribution < -0.4 is 5.32 Å². The molecule has 0 bridgehead atoms. The van der Waals surface area contributed by atoms with E-state index in [1.54, 1.807) is 0 Å². The number of nitrogens with zero attached hydrogens (tertiary/aromatic N) is 1. The smallest absolute Gasteiger partial charge is 0.306 e. The number of aliphatic hydroxyl groups is 1. The summed E-state index contributed by atoms with van der Waals surface area (Å²) in [6.07, 6.45) is 1.63. The summed E-state index contributed by atoms with van der Waals surface area (Å²) < 4.78 is 0. The van der Waals surface area contributed by atoms with Gasteiger partial charge in [0.15, 0.2) is 0 Å². The van der Waals surface area contributed by atoms with Crippen LogP contribution in [0.15, 0.2) is 0 Å². The van der Waals surface area contributed by atoms with E-state index in [1.807, 2.05) is 0 Å². The summed E-state index contributed by atoms with van der Waals surface area (Å²) in [5.74, 6) is -0.422. The molecule has 0 saturated carbocycles.